The van der Waals surface area contributed by atoms with Crippen molar-refractivity contribution in [3.63, 3.8) is 0 Å². The summed E-state index contributed by atoms with van der Waals surface area (Å²) in [5.41, 5.74) is 1.66. The SMILES string of the molecule is CON=C1C[C@H]2CCCC[C@]2(C)[C@H]2CC[C@]3(C)C(=O)CC[C@H]3[C@H]12. The van der Waals surface area contributed by atoms with Crippen molar-refractivity contribution in [1.29, 1.82) is 0 Å². The Bertz CT molecular complexity index is 542. The number of oxime groups is 1. The second kappa shape index (κ2) is 5.32. The summed E-state index contributed by atoms with van der Waals surface area (Å²) in [6, 6.07) is 0. The summed E-state index contributed by atoms with van der Waals surface area (Å²) in [6.07, 6.45) is 10.7. The summed E-state index contributed by atoms with van der Waals surface area (Å²) in [4.78, 5) is 17.8. The Morgan fingerprint density at radius 3 is 2.70 bits per heavy atom. The quantitative estimate of drug-likeness (QED) is 0.663. The first-order chi connectivity index (χ1) is 11.0. The van der Waals surface area contributed by atoms with E-state index in [9.17, 15) is 4.79 Å². The number of rotatable bonds is 1. The van der Waals surface area contributed by atoms with Gasteiger partial charge in [0.2, 0.25) is 0 Å². The van der Waals surface area contributed by atoms with Gasteiger partial charge < -0.3 is 4.84 Å². The Labute approximate surface area is 140 Å². The Kier molecular flexibility index (Phi) is 3.62. The zero-order valence-electron chi connectivity index (χ0n) is 14.9. The number of fused-ring (bicyclic) bond motifs is 5. The Morgan fingerprint density at radius 1 is 1.09 bits per heavy atom. The number of carbonyl (C=O) groups excluding carboxylic acids is 1. The normalized spacial score (nSPS) is 51.1. The molecule has 4 rings (SSSR count). The Hall–Kier alpha value is -0.860. The fourth-order valence-electron chi connectivity index (χ4n) is 6.98. The molecule has 0 aromatic carbocycles. The van der Waals surface area contributed by atoms with Gasteiger partial charge in [0.15, 0.2) is 0 Å². The van der Waals surface area contributed by atoms with Gasteiger partial charge in [-0.1, -0.05) is 31.8 Å². The van der Waals surface area contributed by atoms with Crippen molar-refractivity contribution in [3.8, 4) is 0 Å². The van der Waals surface area contributed by atoms with Crippen LogP contribution in [-0.4, -0.2) is 18.6 Å². The molecule has 0 aromatic rings. The lowest BCUT2D eigenvalue weighted by Crippen LogP contribution is -2.56. The van der Waals surface area contributed by atoms with Crippen LogP contribution in [-0.2, 0) is 9.63 Å². The molecule has 6 atom stereocenters. The molecule has 23 heavy (non-hydrogen) atoms. The van der Waals surface area contributed by atoms with E-state index in [1.165, 1.54) is 37.8 Å². The smallest absolute Gasteiger partial charge is 0.139 e. The minimum absolute atomic E-state index is 0.0897. The zero-order valence-corrected chi connectivity index (χ0v) is 14.9. The van der Waals surface area contributed by atoms with E-state index < -0.39 is 0 Å². The molecular formula is C20H31NO2. The molecule has 3 nitrogen and oxygen atoms in total. The van der Waals surface area contributed by atoms with Crippen LogP contribution in [0.5, 0.6) is 0 Å². The van der Waals surface area contributed by atoms with E-state index in [0.717, 1.165) is 31.6 Å². The van der Waals surface area contributed by atoms with Crippen molar-refractivity contribution in [2.45, 2.75) is 71.6 Å². The number of carbonyl (C=O) groups is 1. The summed E-state index contributed by atoms with van der Waals surface area (Å²) >= 11 is 0. The molecule has 0 amide bonds. The molecule has 4 aliphatic carbocycles. The van der Waals surface area contributed by atoms with E-state index in [0.29, 0.717) is 29.0 Å². The highest BCUT2D eigenvalue weighted by molar-refractivity contribution is 5.92. The van der Waals surface area contributed by atoms with Crippen molar-refractivity contribution in [2.75, 3.05) is 7.11 Å². The van der Waals surface area contributed by atoms with Crippen LogP contribution in [0.1, 0.15) is 71.6 Å². The summed E-state index contributed by atoms with van der Waals surface area (Å²) in [7, 11) is 1.68. The maximum absolute atomic E-state index is 12.6. The fraction of sp³-hybridized carbons (Fsp3) is 0.900. The molecule has 0 spiro atoms. The predicted molar refractivity (Wildman–Crippen MR) is 91.2 cm³/mol. The molecule has 0 aromatic heterocycles. The maximum atomic E-state index is 12.6. The van der Waals surface area contributed by atoms with Gasteiger partial charge in [-0.2, -0.15) is 0 Å². The lowest BCUT2D eigenvalue weighted by atomic mass is 9.45. The van der Waals surface area contributed by atoms with Crippen molar-refractivity contribution < 1.29 is 9.63 Å². The number of hydrogen-bond donors (Lipinski definition) is 0. The predicted octanol–water partition coefficient (Wildman–Crippen LogP) is 4.60. The largest absolute Gasteiger partial charge is 0.399 e. The molecule has 3 heteroatoms. The minimum atomic E-state index is -0.0897. The van der Waals surface area contributed by atoms with Gasteiger partial charge in [-0.05, 0) is 61.7 Å². The van der Waals surface area contributed by atoms with Gasteiger partial charge in [-0.25, -0.2) is 0 Å². The van der Waals surface area contributed by atoms with Gasteiger partial charge in [-0.3, -0.25) is 4.79 Å². The van der Waals surface area contributed by atoms with Crippen molar-refractivity contribution in [1.82, 2.24) is 0 Å². The average Bonchev–Trinajstić information content (AvgIpc) is 2.83. The Morgan fingerprint density at radius 2 is 1.91 bits per heavy atom. The van der Waals surface area contributed by atoms with Crippen LogP contribution in [0.4, 0.5) is 0 Å². The maximum Gasteiger partial charge on any atom is 0.139 e. The fourth-order valence-corrected chi connectivity index (χ4v) is 6.98. The van der Waals surface area contributed by atoms with E-state index >= 15 is 0 Å². The van der Waals surface area contributed by atoms with Crippen LogP contribution in [0, 0.1) is 34.5 Å². The highest BCUT2D eigenvalue weighted by Crippen LogP contribution is 2.64. The highest BCUT2D eigenvalue weighted by Gasteiger charge is 2.61. The number of hydrogen-bond acceptors (Lipinski definition) is 3. The first-order valence-corrected chi connectivity index (χ1v) is 9.64. The molecule has 4 saturated carbocycles. The lowest BCUT2D eigenvalue weighted by molar-refractivity contribution is -0.132. The zero-order chi connectivity index (χ0) is 16.2. The van der Waals surface area contributed by atoms with Crippen LogP contribution in [0.3, 0.4) is 0 Å². The monoisotopic (exact) mass is 317 g/mol. The molecule has 0 N–H and O–H groups in total. The van der Waals surface area contributed by atoms with Crippen LogP contribution >= 0.6 is 0 Å². The first-order valence-electron chi connectivity index (χ1n) is 9.64. The number of nitrogens with zero attached hydrogens (tertiary/aromatic N) is 1. The van der Waals surface area contributed by atoms with E-state index in [4.69, 9.17) is 4.84 Å². The van der Waals surface area contributed by atoms with Gasteiger partial charge in [-0.15, -0.1) is 0 Å². The third-order valence-electron chi connectivity index (χ3n) is 8.33. The van der Waals surface area contributed by atoms with Gasteiger partial charge in [0.05, 0.1) is 5.71 Å². The molecule has 0 radical (unpaired) electrons. The molecule has 0 heterocycles. The van der Waals surface area contributed by atoms with Gasteiger partial charge >= 0.3 is 0 Å². The second-order valence-electron chi connectivity index (χ2n) is 9.07. The van der Waals surface area contributed by atoms with Crippen LogP contribution in [0.15, 0.2) is 5.16 Å². The average molecular weight is 317 g/mol. The number of Topliss-reactive ketones (excluding diaryl/α,β-unsaturated/α-hetero) is 1. The summed E-state index contributed by atoms with van der Waals surface area (Å²) < 4.78 is 0. The van der Waals surface area contributed by atoms with E-state index in [-0.39, 0.29) is 5.41 Å². The van der Waals surface area contributed by atoms with E-state index in [1.807, 2.05) is 0 Å². The summed E-state index contributed by atoms with van der Waals surface area (Å²) in [5, 5.41) is 4.51. The molecule has 0 bridgehead atoms. The molecule has 0 unspecified atom stereocenters. The first kappa shape index (κ1) is 15.7. The molecular weight excluding hydrogens is 286 g/mol. The summed E-state index contributed by atoms with van der Waals surface area (Å²) in [5.74, 6) is 2.97. The third kappa shape index (κ3) is 2.07. The standard InChI is InChI=1S/C20H31NO2/c1-19-10-5-4-6-13(19)12-16(21-23-3)18-14-7-8-17(22)20(14,2)11-9-15(18)19/h13-15,18H,4-12H2,1-3H3/t13-,14+,15+,18+,19+,20+/m1/s1. The van der Waals surface area contributed by atoms with Crippen LogP contribution in [0.2, 0.25) is 0 Å². The van der Waals surface area contributed by atoms with Gasteiger partial charge in [0.1, 0.15) is 12.9 Å². The molecule has 4 aliphatic rings. The van der Waals surface area contributed by atoms with Crippen molar-refractivity contribution >= 4 is 11.5 Å². The lowest BCUT2D eigenvalue weighted by Gasteiger charge is -2.59. The van der Waals surface area contributed by atoms with Gasteiger partial charge in [0.25, 0.3) is 0 Å². The molecule has 0 aliphatic heterocycles. The summed E-state index contributed by atoms with van der Waals surface area (Å²) in [6.45, 7) is 4.79. The minimum Gasteiger partial charge on any atom is -0.399 e. The molecule has 0 saturated heterocycles. The number of ketones is 1. The topological polar surface area (TPSA) is 38.7 Å². The Balaban J connectivity index is 1.76. The van der Waals surface area contributed by atoms with Crippen LogP contribution in [0.25, 0.3) is 0 Å². The van der Waals surface area contributed by atoms with E-state index in [2.05, 4.69) is 19.0 Å². The molecule has 4 fully saturated rings. The van der Waals surface area contributed by atoms with E-state index in [1.54, 1.807) is 7.11 Å². The van der Waals surface area contributed by atoms with Crippen molar-refractivity contribution in [3.05, 3.63) is 0 Å². The second-order valence-corrected chi connectivity index (χ2v) is 9.07. The highest BCUT2D eigenvalue weighted by atomic mass is 16.6. The third-order valence-corrected chi connectivity index (χ3v) is 8.33. The van der Waals surface area contributed by atoms with Crippen molar-refractivity contribution in [2.24, 2.45) is 39.7 Å². The van der Waals surface area contributed by atoms with Gasteiger partial charge in [0, 0.05) is 17.8 Å². The van der Waals surface area contributed by atoms with Crippen LogP contribution < -0.4 is 0 Å². The molecule has 128 valence electrons.